The second kappa shape index (κ2) is 7.50. The molecule has 0 bridgehead atoms. The van der Waals surface area contributed by atoms with Crippen molar-refractivity contribution in [2.45, 2.75) is 25.0 Å². The smallest absolute Gasteiger partial charge is 0.387 e. The largest absolute Gasteiger partial charge is 0.435 e. The number of alkyl halides is 2. The van der Waals surface area contributed by atoms with E-state index in [1.54, 1.807) is 0 Å². The zero-order valence-electron chi connectivity index (χ0n) is 12.7. The number of sulfonamides is 1. The molecule has 0 radical (unpaired) electrons. The molecule has 0 aliphatic carbocycles. The van der Waals surface area contributed by atoms with Gasteiger partial charge in [-0.3, -0.25) is 4.79 Å². The highest BCUT2D eigenvalue weighted by atomic mass is 32.2. The molecule has 1 N–H and O–H groups in total. The zero-order valence-corrected chi connectivity index (χ0v) is 13.5. The quantitative estimate of drug-likeness (QED) is 0.775. The number of hydrogen-bond acceptors (Lipinski definition) is 4. The van der Waals surface area contributed by atoms with E-state index in [0.29, 0.717) is 11.1 Å². The number of carbonyl (C=O) groups excluding carboxylic acids is 1. The van der Waals surface area contributed by atoms with Gasteiger partial charge in [-0.05, 0) is 36.8 Å². The fourth-order valence-electron chi connectivity index (χ4n) is 1.93. The lowest BCUT2D eigenvalue weighted by Crippen LogP contribution is -2.23. The van der Waals surface area contributed by atoms with E-state index in [1.807, 2.05) is 0 Å². The summed E-state index contributed by atoms with van der Waals surface area (Å²) in [5.41, 5.74) is 0.870. The Morgan fingerprint density at radius 3 is 2.42 bits per heavy atom. The molecule has 2 rings (SSSR count). The van der Waals surface area contributed by atoms with E-state index in [2.05, 4.69) is 9.46 Å². The van der Waals surface area contributed by atoms with Gasteiger partial charge >= 0.3 is 6.61 Å². The van der Waals surface area contributed by atoms with Crippen LogP contribution in [0.2, 0.25) is 0 Å². The molecule has 5 nitrogen and oxygen atoms in total. The third-order valence-electron chi connectivity index (χ3n) is 3.17. The van der Waals surface area contributed by atoms with E-state index in [4.69, 9.17) is 0 Å². The topological polar surface area (TPSA) is 72.5 Å². The van der Waals surface area contributed by atoms with Gasteiger partial charge in [0.15, 0.2) is 5.78 Å². The number of ether oxygens (including phenoxy) is 1. The molecule has 0 aliphatic heterocycles. The van der Waals surface area contributed by atoms with Gasteiger partial charge in [-0.25, -0.2) is 13.1 Å². The Hall–Kier alpha value is -2.32. The van der Waals surface area contributed by atoms with Crippen LogP contribution in [0, 0.1) is 0 Å². The monoisotopic (exact) mass is 355 g/mol. The molecule has 24 heavy (non-hydrogen) atoms. The summed E-state index contributed by atoms with van der Waals surface area (Å²) >= 11 is 0. The van der Waals surface area contributed by atoms with Crippen LogP contribution in [0.1, 0.15) is 22.8 Å². The highest BCUT2D eigenvalue weighted by Gasteiger charge is 2.15. The third-order valence-corrected chi connectivity index (χ3v) is 4.56. The Morgan fingerprint density at radius 1 is 1.17 bits per heavy atom. The first kappa shape index (κ1) is 18.0. The van der Waals surface area contributed by atoms with Gasteiger partial charge in [-0.15, -0.1) is 0 Å². The molecule has 2 aromatic carbocycles. The van der Waals surface area contributed by atoms with Crippen LogP contribution in [0.15, 0.2) is 53.4 Å². The van der Waals surface area contributed by atoms with Gasteiger partial charge in [-0.2, -0.15) is 8.78 Å². The van der Waals surface area contributed by atoms with E-state index in [9.17, 15) is 22.0 Å². The number of benzene rings is 2. The lowest BCUT2D eigenvalue weighted by atomic mass is 10.2. The highest BCUT2D eigenvalue weighted by Crippen LogP contribution is 2.16. The molecule has 8 heteroatoms. The van der Waals surface area contributed by atoms with Crippen molar-refractivity contribution in [3.63, 3.8) is 0 Å². The summed E-state index contributed by atoms with van der Waals surface area (Å²) < 4.78 is 55.2. The number of rotatable bonds is 7. The van der Waals surface area contributed by atoms with Crippen molar-refractivity contribution in [3.8, 4) is 5.75 Å². The minimum absolute atomic E-state index is 0.00855. The van der Waals surface area contributed by atoms with Gasteiger partial charge in [0, 0.05) is 12.1 Å². The Bertz CT molecular complexity index is 820. The zero-order chi connectivity index (χ0) is 17.7. The average molecular weight is 355 g/mol. The second-order valence-corrected chi connectivity index (χ2v) is 6.70. The summed E-state index contributed by atoms with van der Waals surface area (Å²) in [5, 5.41) is 0. The minimum atomic E-state index is -3.80. The summed E-state index contributed by atoms with van der Waals surface area (Å²) in [7, 11) is -3.80. The maximum Gasteiger partial charge on any atom is 0.387 e. The summed E-state index contributed by atoms with van der Waals surface area (Å²) in [6.45, 7) is -1.59. The molecular weight excluding hydrogens is 340 g/mol. The van der Waals surface area contributed by atoms with Crippen molar-refractivity contribution in [3.05, 3.63) is 59.7 Å². The molecule has 0 fully saturated rings. The molecular formula is C16H15F2NO4S. The number of ketones is 1. The van der Waals surface area contributed by atoms with Crippen molar-refractivity contribution in [2.24, 2.45) is 0 Å². The van der Waals surface area contributed by atoms with Crippen LogP contribution in [-0.2, 0) is 16.6 Å². The van der Waals surface area contributed by atoms with E-state index in [0.717, 1.165) is 0 Å². The molecule has 0 unspecified atom stereocenters. The Morgan fingerprint density at radius 2 is 1.83 bits per heavy atom. The molecule has 0 aromatic heterocycles. The fraction of sp³-hybridized carbons (Fsp3) is 0.188. The van der Waals surface area contributed by atoms with E-state index in [1.165, 1.54) is 55.5 Å². The molecule has 0 spiro atoms. The second-order valence-electron chi connectivity index (χ2n) is 4.93. The van der Waals surface area contributed by atoms with Crippen LogP contribution in [0.25, 0.3) is 0 Å². The van der Waals surface area contributed by atoms with E-state index >= 15 is 0 Å². The minimum Gasteiger partial charge on any atom is -0.435 e. The van der Waals surface area contributed by atoms with Crippen molar-refractivity contribution in [1.29, 1.82) is 0 Å². The molecule has 0 heterocycles. The van der Waals surface area contributed by atoms with E-state index < -0.39 is 16.6 Å². The maximum atomic E-state index is 12.2. The van der Waals surface area contributed by atoms with Crippen LogP contribution in [0.4, 0.5) is 8.78 Å². The SMILES string of the molecule is CC(=O)c1cccc(S(=O)(=O)NCc2ccc(OC(F)F)cc2)c1. The fourth-order valence-corrected chi connectivity index (χ4v) is 3.00. The normalized spacial score (nSPS) is 11.5. The van der Waals surface area contributed by atoms with Crippen LogP contribution in [0.5, 0.6) is 5.75 Å². The van der Waals surface area contributed by atoms with Gasteiger partial charge in [0.2, 0.25) is 10.0 Å². The van der Waals surface area contributed by atoms with Gasteiger partial charge in [0.05, 0.1) is 4.90 Å². The summed E-state index contributed by atoms with van der Waals surface area (Å²) in [4.78, 5) is 11.3. The van der Waals surface area contributed by atoms with Crippen LogP contribution in [-0.4, -0.2) is 20.8 Å². The first-order chi connectivity index (χ1) is 11.3. The van der Waals surface area contributed by atoms with Gasteiger partial charge in [0.1, 0.15) is 5.75 Å². The summed E-state index contributed by atoms with van der Waals surface area (Å²) in [6.07, 6.45) is 0. The number of nitrogens with one attached hydrogen (secondary N) is 1. The molecule has 0 saturated heterocycles. The Labute approximate surface area is 138 Å². The van der Waals surface area contributed by atoms with Crippen LogP contribution in [0.3, 0.4) is 0 Å². The highest BCUT2D eigenvalue weighted by molar-refractivity contribution is 7.89. The first-order valence-corrected chi connectivity index (χ1v) is 8.40. The molecule has 0 atom stereocenters. The standard InChI is InChI=1S/C16H15F2NO4S/c1-11(20)13-3-2-4-15(9-13)24(21,22)19-10-12-5-7-14(8-6-12)23-16(17)18/h2-9,16,19H,10H2,1H3. The average Bonchev–Trinajstić information content (AvgIpc) is 2.54. The third kappa shape index (κ3) is 4.84. The number of halogens is 2. The van der Waals surface area contributed by atoms with Crippen LogP contribution >= 0.6 is 0 Å². The van der Waals surface area contributed by atoms with Gasteiger partial charge < -0.3 is 4.74 Å². The molecule has 0 amide bonds. The molecule has 2 aromatic rings. The molecule has 128 valence electrons. The van der Waals surface area contributed by atoms with E-state index in [-0.39, 0.29) is 23.0 Å². The molecule has 0 saturated carbocycles. The predicted octanol–water partition coefficient (Wildman–Crippen LogP) is 2.97. The number of hydrogen-bond donors (Lipinski definition) is 1. The lowest BCUT2D eigenvalue weighted by Gasteiger charge is -2.09. The number of carbonyl (C=O) groups is 1. The molecule has 0 aliphatic rings. The van der Waals surface area contributed by atoms with Gasteiger partial charge in [0.25, 0.3) is 0 Å². The Kier molecular flexibility index (Phi) is 5.63. The summed E-state index contributed by atoms with van der Waals surface area (Å²) in [6, 6.07) is 11.3. The van der Waals surface area contributed by atoms with Gasteiger partial charge in [-0.1, -0.05) is 24.3 Å². The van der Waals surface area contributed by atoms with Crippen molar-refractivity contribution in [2.75, 3.05) is 0 Å². The van der Waals surface area contributed by atoms with Crippen molar-refractivity contribution in [1.82, 2.24) is 4.72 Å². The number of Topliss-reactive ketones (excluding diaryl/α,β-unsaturated/α-hetero) is 1. The van der Waals surface area contributed by atoms with Crippen molar-refractivity contribution >= 4 is 15.8 Å². The summed E-state index contributed by atoms with van der Waals surface area (Å²) in [5.74, 6) is -0.243. The lowest BCUT2D eigenvalue weighted by molar-refractivity contribution is -0.0498. The Balaban J connectivity index is 2.07. The van der Waals surface area contributed by atoms with Crippen molar-refractivity contribution < 1.29 is 26.7 Å². The van der Waals surface area contributed by atoms with Crippen LogP contribution < -0.4 is 9.46 Å². The maximum absolute atomic E-state index is 12.2. The first-order valence-electron chi connectivity index (χ1n) is 6.92. The predicted molar refractivity (Wildman–Crippen MR) is 83.5 cm³/mol.